The Bertz CT molecular complexity index is 437. The molecule has 2 heterocycles. The molecule has 1 N–H and O–H groups in total. The number of anilines is 1. The van der Waals surface area contributed by atoms with Crippen molar-refractivity contribution in [2.75, 3.05) is 50.7 Å². The smallest absolute Gasteiger partial charge is 0.123 e. The van der Waals surface area contributed by atoms with Crippen LogP contribution < -0.4 is 10.2 Å². The molecule has 3 rings (SSSR count). The number of rotatable bonds is 4. The monoisotopic (exact) mass is 277 g/mol. The first-order valence-corrected chi connectivity index (χ1v) is 7.79. The molecule has 1 aromatic rings. The Hall–Kier alpha value is -1.13. The minimum atomic E-state index is -0.108. The van der Waals surface area contributed by atoms with E-state index in [-0.39, 0.29) is 5.82 Å². The van der Waals surface area contributed by atoms with Crippen molar-refractivity contribution in [1.82, 2.24) is 10.2 Å². The summed E-state index contributed by atoms with van der Waals surface area (Å²) in [6, 6.07) is 5.30. The van der Waals surface area contributed by atoms with E-state index in [0.29, 0.717) is 0 Å². The predicted molar refractivity (Wildman–Crippen MR) is 80.9 cm³/mol. The zero-order valence-electron chi connectivity index (χ0n) is 12.1. The maximum absolute atomic E-state index is 13.6. The molecule has 0 atom stereocenters. The Labute approximate surface area is 120 Å². The van der Waals surface area contributed by atoms with Gasteiger partial charge in [-0.3, -0.25) is 0 Å². The van der Waals surface area contributed by atoms with Gasteiger partial charge in [0, 0.05) is 51.5 Å². The number of hydrogen-bond acceptors (Lipinski definition) is 3. The third-order valence-corrected chi connectivity index (χ3v) is 4.40. The fourth-order valence-corrected chi connectivity index (χ4v) is 3.23. The van der Waals surface area contributed by atoms with E-state index in [1.165, 1.54) is 24.1 Å². The molecule has 1 aromatic carbocycles. The summed E-state index contributed by atoms with van der Waals surface area (Å²) in [4.78, 5) is 4.88. The second-order valence-corrected chi connectivity index (χ2v) is 5.81. The van der Waals surface area contributed by atoms with Crippen LogP contribution in [0.2, 0.25) is 0 Å². The topological polar surface area (TPSA) is 18.5 Å². The van der Waals surface area contributed by atoms with Crippen LogP contribution in [0.15, 0.2) is 18.2 Å². The van der Waals surface area contributed by atoms with Crippen LogP contribution in [0.5, 0.6) is 0 Å². The summed E-state index contributed by atoms with van der Waals surface area (Å²) in [5.74, 6) is -0.108. The number of halogens is 1. The molecule has 0 bridgehead atoms. The minimum absolute atomic E-state index is 0.108. The van der Waals surface area contributed by atoms with Crippen LogP contribution in [0.1, 0.15) is 18.4 Å². The lowest BCUT2D eigenvalue weighted by molar-refractivity contribution is 0.244. The molecule has 2 saturated heterocycles. The van der Waals surface area contributed by atoms with Crippen LogP contribution in [0.25, 0.3) is 0 Å². The van der Waals surface area contributed by atoms with E-state index in [9.17, 15) is 4.39 Å². The standard InChI is InChI=1S/C16H24FN3/c17-15-3-4-16(20-8-1-2-9-20)14(13-15)5-10-19-11-6-18-7-12-19/h3-4,13,18H,1-2,5-12H2. The van der Waals surface area contributed by atoms with Crippen LogP contribution in [-0.4, -0.2) is 50.7 Å². The zero-order chi connectivity index (χ0) is 13.8. The Kier molecular flexibility index (Phi) is 4.53. The number of nitrogens with one attached hydrogen (secondary N) is 1. The Morgan fingerprint density at radius 1 is 1.05 bits per heavy atom. The lowest BCUT2D eigenvalue weighted by atomic mass is 10.1. The lowest BCUT2D eigenvalue weighted by Gasteiger charge is -2.28. The summed E-state index contributed by atoms with van der Waals surface area (Å²) in [7, 11) is 0. The van der Waals surface area contributed by atoms with Crippen molar-refractivity contribution in [2.45, 2.75) is 19.3 Å². The Balaban J connectivity index is 1.68. The van der Waals surface area contributed by atoms with Crippen molar-refractivity contribution in [3.63, 3.8) is 0 Å². The maximum Gasteiger partial charge on any atom is 0.123 e. The Morgan fingerprint density at radius 3 is 2.55 bits per heavy atom. The summed E-state index contributed by atoms with van der Waals surface area (Å²) in [6.45, 7) is 7.62. The van der Waals surface area contributed by atoms with Crippen LogP contribution >= 0.6 is 0 Å². The molecule has 0 aromatic heterocycles. The first-order valence-electron chi connectivity index (χ1n) is 7.79. The predicted octanol–water partition coefficient (Wildman–Crippen LogP) is 1.87. The number of hydrogen-bond donors (Lipinski definition) is 1. The lowest BCUT2D eigenvalue weighted by Crippen LogP contribution is -2.44. The van der Waals surface area contributed by atoms with E-state index in [1.807, 2.05) is 6.07 Å². The number of benzene rings is 1. The first-order chi connectivity index (χ1) is 9.83. The van der Waals surface area contributed by atoms with Crippen LogP contribution in [0, 0.1) is 5.82 Å². The van der Waals surface area contributed by atoms with Crippen molar-refractivity contribution in [3.8, 4) is 0 Å². The summed E-state index contributed by atoms with van der Waals surface area (Å²) >= 11 is 0. The minimum Gasteiger partial charge on any atom is -0.371 e. The zero-order valence-corrected chi connectivity index (χ0v) is 12.1. The van der Waals surface area contributed by atoms with Gasteiger partial charge in [-0.2, -0.15) is 0 Å². The molecule has 0 radical (unpaired) electrons. The van der Waals surface area contributed by atoms with Crippen LogP contribution in [-0.2, 0) is 6.42 Å². The van der Waals surface area contributed by atoms with Gasteiger partial charge in [-0.05, 0) is 43.0 Å². The van der Waals surface area contributed by atoms with Gasteiger partial charge in [0.1, 0.15) is 5.82 Å². The van der Waals surface area contributed by atoms with Crippen molar-refractivity contribution < 1.29 is 4.39 Å². The summed E-state index contributed by atoms with van der Waals surface area (Å²) < 4.78 is 13.6. The van der Waals surface area contributed by atoms with Crippen molar-refractivity contribution in [3.05, 3.63) is 29.6 Å². The van der Waals surface area contributed by atoms with Crippen LogP contribution in [0.4, 0.5) is 10.1 Å². The van der Waals surface area contributed by atoms with E-state index < -0.39 is 0 Å². The van der Waals surface area contributed by atoms with Crippen molar-refractivity contribution in [1.29, 1.82) is 0 Å². The average Bonchev–Trinajstić information content (AvgIpc) is 3.00. The molecule has 0 aliphatic carbocycles. The molecule has 0 amide bonds. The molecule has 0 spiro atoms. The fraction of sp³-hybridized carbons (Fsp3) is 0.625. The highest BCUT2D eigenvalue weighted by molar-refractivity contribution is 5.54. The highest BCUT2D eigenvalue weighted by atomic mass is 19.1. The summed E-state index contributed by atoms with van der Waals surface area (Å²) in [5, 5.41) is 3.37. The fourth-order valence-electron chi connectivity index (χ4n) is 3.23. The van der Waals surface area contributed by atoms with E-state index in [4.69, 9.17) is 0 Å². The van der Waals surface area contributed by atoms with Gasteiger partial charge >= 0.3 is 0 Å². The largest absolute Gasteiger partial charge is 0.371 e. The molecule has 2 aliphatic heterocycles. The molecular weight excluding hydrogens is 253 g/mol. The highest BCUT2D eigenvalue weighted by Gasteiger charge is 2.17. The molecule has 110 valence electrons. The van der Waals surface area contributed by atoms with Crippen molar-refractivity contribution >= 4 is 5.69 Å². The van der Waals surface area contributed by atoms with Gasteiger partial charge in [-0.25, -0.2) is 4.39 Å². The SMILES string of the molecule is Fc1ccc(N2CCCC2)c(CCN2CCNCC2)c1. The molecule has 0 unspecified atom stereocenters. The van der Waals surface area contributed by atoms with Crippen LogP contribution in [0.3, 0.4) is 0 Å². The van der Waals surface area contributed by atoms with Crippen molar-refractivity contribution in [2.24, 2.45) is 0 Å². The third kappa shape index (κ3) is 3.30. The molecule has 4 heteroatoms. The van der Waals surface area contributed by atoms with Gasteiger partial charge in [0.25, 0.3) is 0 Å². The third-order valence-electron chi connectivity index (χ3n) is 4.40. The molecule has 3 nitrogen and oxygen atoms in total. The highest BCUT2D eigenvalue weighted by Crippen LogP contribution is 2.26. The summed E-state index contributed by atoms with van der Waals surface area (Å²) in [6.07, 6.45) is 3.47. The molecular formula is C16H24FN3. The van der Waals surface area contributed by atoms with Gasteiger partial charge in [0.2, 0.25) is 0 Å². The Morgan fingerprint density at radius 2 is 1.80 bits per heavy atom. The normalized spacial score (nSPS) is 20.6. The van der Waals surface area contributed by atoms with E-state index in [1.54, 1.807) is 12.1 Å². The van der Waals surface area contributed by atoms with E-state index in [2.05, 4.69) is 15.1 Å². The second-order valence-electron chi connectivity index (χ2n) is 5.81. The molecule has 2 fully saturated rings. The maximum atomic E-state index is 13.6. The van der Waals surface area contributed by atoms with Gasteiger partial charge < -0.3 is 15.1 Å². The van der Waals surface area contributed by atoms with Gasteiger partial charge in [-0.1, -0.05) is 0 Å². The summed E-state index contributed by atoms with van der Waals surface area (Å²) in [5.41, 5.74) is 2.42. The number of piperazine rings is 1. The molecule has 2 aliphatic rings. The number of nitrogens with zero attached hydrogens (tertiary/aromatic N) is 2. The van der Waals surface area contributed by atoms with E-state index in [0.717, 1.165) is 52.2 Å². The molecule has 0 saturated carbocycles. The quantitative estimate of drug-likeness (QED) is 0.906. The second kappa shape index (κ2) is 6.55. The average molecular weight is 277 g/mol. The van der Waals surface area contributed by atoms with Gasteiger partial charge in [-0.15, -0.1) is 0 Å². The van der Waals surface area contributed by atoms with Gasteiger partial charge in [0.05, 0.1) is 0 Å². The van der Waals surface area contributed by atoms with Gasteiger partial charge in [0.15, 0.2) is 0 Å². The first kappa shape index (κ1) is 13.8. The van der Waals surface area contributed by atoms with E-state index >= 15 is 0 Å². The molecule has 20 heavy (non-hydrogen) atoms.